The van der Waals surface area contributed by atoms with Crippen LogP contribution in [-0.2, 0) is 6.54 Å². The van der Waals surface area contributed by atoms with Crippen molar-refractivity contribution < 1.29 is 9.13 Å². The van der Waals surface area contributed by atoms with Gasteiger partial charge in [0.25, 0.3) is 0 Å². The smallest absolute Gasteiger partial charge is 0.216 e. The molecule has 1 unspecified atom stereocenters. The Morgan fingerprint density at radius 1 is 1.32 bits per heavy atom. The van der Waals surface area contributed by atoms with Crippen molar-refractivity contribution in [1.29, 1.82) is 0 Å². The minimum Gasteiger partial charge on any atom is -0.474 e. The quantitative estimate of drug-likeness (QED) is 0.311. The van der Waals surface area contributed by atoms with Crippen molar-refractivity contribution in [3.05, 3.63) is 59.5 Å². The van der Waals surface area contributed by atoms with E-state index in [1.165, 1.54) is 5.57 Å². The number of unbranched alkanes of at least 4 members (excludes halogenated alkanes) is 1. The predicted octanol–water partition coefficient (Wildman–Crippen LogP) is 6.45. The molecule has 0 spiro atoms. The van der Waals surface area contributed by atoms with Crippen LogP contribution in [0.2, 0.25) is 0 Å². The second kappa shape index (κ2) is 13.1. The average Bonchev–Trinajstić information content (AvgIpc) is 2.68. The van der Waals surface area contributed by atoms with Gasteiger partial charge in [0.2, 0.25) is 5.88 Å². The molecule has 1 N–H and O–H groups in total. The number of alkyl halides is 1. The Labute approximate surface area is 170 Å². The Balaban J connectivity index is 2.65. The van der Waals surface area contributed by atoms with Crippen LogP contribution in [-0.4, -0.2) is 17.8 Å². The largest absolute Gasteiger partial charge is 0.474 e. The number of nitrogens with one attached hydrogen (secondary N) is 1. The summed E-state index contributed by atoms with van der Waals surface area (Å²) in [4.78, 5) is 4.35. The topological polar surface area (TPSA) is 34.2 Å². The highest BCUT2D eigenvalue weighted by Crippen LogP contribution is 2.18. The van der Waals surface area contributed by atoms with Gasteiger partial charge >= 0.3 is 0 Å². The summed E-state index contributed by atoms with van der Waals surface area (Å²) in [5.41, 5.74) is 4.35. The summed E-state index contributed by atoms with van der Waals surface area (Å²) < 4.78 is 19.2. The molecular formula is C24H37FN2O. The Morgan fingerprint density at radius 3 is 2.68 bits per heavy atom. The van der Waals surface area contributed by atoms with Crippen molar-refractivity contribution >= 4 is 0 Å². The van der Waals surface area contributed by atoms with E-state index in [-0.39, 0.29) is 12.5 Å². The van der Waals surface area contributed by atoms with E-state index in [0.717, 1.165) is 42.4 Å². The Morgan fingerprint density at radius 2 is 2.07 bits per heavy atom. The molecule has 0 aliphatic rings. The van der Waals surface area contributed by atoms with Gasteiger partial charge in [-0.15, -0.1) is 0 Å². The summed E-state index contributed by atoms with van der Waals surface area (Å²) in [5, 5.41) is 3.37. The first-order chi connectivity index (χ1) is 13.4. The van der Waals surface area contributed by atoms with Gasteiger partial charge in [-0.3, -0.25) is 0 Å². The number of allylic oxidation sites excluding steroid dienone is 4. The molecule has 28 heavy (non-hydrogen) atoms. The maximum Gasteiger partial charge on any atom is 0.216 e. The molecule has 0 amide bonds. The number of aromatic nitrogens is 1. The van der Waals surface area contributed by atoms with Gasteiger partial charge in [0.05, 0.1) is 0 Å². The number of aryl methyl sites for hydroxylation is 1. The standard InChI is InChI=1S/C24H37FN2O/c1-7-9-10-11-12-22(19(5)8-2)16-26-14-21-13-20(6)24(27-15-21)28-17-23(25)18(3)4/h10-11,13,15-16,18,23,26H,5,7-9,12,14,17H2,1-4,6H3/b11-10-,22-16+. The third kappa shape index (κ3) is 8.73. The molecule has 0 bridgehead atoms. The monoisotopic (exact) mass is 388 g/mol. The summed E-state index contributed by atoms with van der Waals surface area (Å²) >= 11 is 0. The highest BCUT2D eigenvalue weighted by Gasteiger charge is 2.13. The molecule has 0 saturated carbocycles. The summed E-state index contributed by atoms with van der Waals surface area (Å²) in [6.07, 6.45) is 11.4. The maximum absolute atomic E-state index is 13.7. The molecule has 0 fully saturated rings. The molecular weight excluding hydrogens is 351 g/mol. The number of ether oxygens (including phenoxy) is 1. The molecule has 1 rings (SSSR count). The van der Waals surface area contributed by atoms with E-state index < -0.39 is 6.17 Å². The summed E-state index contributed by atoms with van der Waals surface area (Å²) in [7, 11) is 0. The highest BCUT2D eigenvalue weighted by molar-refractivity contribution is 5.31. The van der Waals surface area contributed by atoms with Crippen molar-refractivity contribution in [3.8, 4) is 5.88 Å². The second-order valence-corrected chi connectivity index (χ2v) is 7.51. The highest BCUT2D eigenvalue weighted by atomic mass is 19.1. The SMILES string of the molecule is C=C(CC)/C(=C/NCc1cnc(OCC(F)C(C)C)c(C)c1)C/C=C\CCC. The molecule has 0 aromatic carbocycles. The van der Waals surface area contributed by atoms with Gasteiger partial charge in [0.15, 0.2) is 0 Å². The molecule has 4 heteroatoms. The molecule has 1 aromatic rings. The fourth-order valence-corrected chi connectivity index (χ4v) is 2.54. The number of pyridine rings is 1. The van der Waals surface area contributed by atoms with E-state index >= 15 is 0 Å². The van der Waals surface area contributed by atoms with Crippen LogP contribution in [0.25, 0.3) is 0 Å². The van der Waals surface area contributed by atoms with Crippen molar-refractivity contribution in [1.82, 2.24) is 10.3 Å². The lowest BCUT2D eigenvalue weighted by atomic mass is 10.0. The van der Waals surface area contributed by atoms with Crippen LogP contribution in [0.4, 0.5) is 4.39 Å². The average molecular weight is 389 g/mol. The van der Waals surface area contributed by atoms with Crippen LogP contribution in [0, 0.1) is 12.8 Å². The molecule has 0 aliphatic carbocycles. The molecule has 1 heterocycles. The van der Waals surface area contributed by atoms with E-state index in [4.69, 9.17) is 4.74 Å². The third-order valence-electron chi connectivity index (χ3n) is 4.61. The van der Waals surface area contributed by atoms with Gasteiger partial charge < -0.3 is 10.1 Å². The summed E-state index contributed by atoms with van der Waals surface area (Å²) in [6.45, 7) is 14.8. The van der Waals surface area contributed by atoms with E-state index in [1.807, 2.05) is 26.8 Å². The molecule has 0 saturated heterocycles. The van der Waals surface area contributed by atoms with Crippen molar-refractivity contribution in [2.45, 2.75) is 73.0 Å². The first-order valence-electron chi connectivity index (χ1n) is 10.4. The molecule has 156 valence electrons. The lowest BCUT2D eigenvalue weighted by Gasteiger charge is -2.14. The molecule has 0 radical (unpaired) electrons. The van der Waals surface area contributed by atoms with Crippen LogP contribution in [0.1, 0.15) is 64.5 Å². The van der Waals surface area contributed by atoms with Crippen LogP contribution in [0.15, 0.2) is 48.3 Å². The first kappa shape index (κ1) is 23.9. The van der Waals surface area contributed by atoms with Gasteiger partial charge in [-0.25, -0.2) is 9.37 Å². The van der Waals surface area contributed by atoms with Gasteiger partial charge in [0.1, 0.15) is 12.8 Å². The summed E-state index contributed by atoms with van der Waals surface area (Å²) in [6, 6.07) is 2.03. The molecule has 0 aliphatic heterocycles. The second-order valence-electron chi connectivity index (χ2n) is 7.51. The molecule has 1 aromatic heterocycles. The van der Waals surface area contributed by atoms with Crippen molar-refractivity contribution in [2.75, 3.05) is 6.61 Å². The normalized spacial score (nSPS) is 13.2. The first-order valence-corrected chi connectivity index (χ1v) is 10.4. The van der Waals surface area contributed by atoms with Crippen molar-refractivity contribution in [2.24, 2.45) is 5.92 Å². The van der Waals surface area contributed by atoms with Crippen molar-refractivity contribution in [3.63, 3.8) is 0 Å². The van der Waals surface area contributed by atoms with E-state index in [1.54, 1.807) is 6.20 Å². The zero-order valence-electron chi connectivity index (χ0n) is 18.2. The van der Waals surface area contributed by atoms with Crippen LogP contribution < -0.4 is 10.1 Å². The number of rotatable bonds is 13. The van der Waals surface area contributed by atoms with Gasteiger partial charge in [-0.05, 0) is 49.3 Å². The fraction of sp³-hybridized carbons (Fsp3) is 0.542. The Bertz CT molecular complexity index is 665. The number of hydrogen-bond acceptors (Lipinski definition) is 3. The zero-order valence-corrected chi connectivity index (χ0v) is 18.2. The van der Waals surface area contributed by atoms with Gasteiger partial charge in [0, 0.05) is 24.5 Å². The van der Waals surface area contributed by atoms with Crippen LogP contribution in [0.5, 0.6) is 5.88 Å². The lowest BCUT2D eigenvalue weighted by molar-refractivity contribution is 0.151. The predicted molar refractivity (Wildman–Crippen MR) is 117 cm³/mol. The minimum atomic E-state index is -0.982. The Hall–Kier alpha value is -2.10. The maximum atomic E-state index is 13.7. The molecule has 1 atom stereocenters. The Kier molecular flexibility index (Phi) is 11.2. The van der Waals surface area contributed by atoms with E-state index in [0.29, 0.717) is 12.4 Å². The molecule has 3 nitrogen and oxygen atoms in total. The van der Waals surface area contributed by atoms with Crippen LogP contribution in [0.3, 0.4) is 0 Å². The third-order valence-corrected chi connectivity index (χ3v) is 4.61. The van der Waals surface area contributed by atoms with Gasteiger partial charge in [-0.2, -0.15) is 0 Å². The minimum absolute atomic E-state index is 0.0415. The number of hydrogen-bond donors (Lipinski definition) is 1. The van der Waals surface area contributed by atoms with E-state index in [2.05, 4.69) is 49.1 Å². The fourth-order valence-electron chi connectivity index (χ4n) is 2.54. The number of nitrogens with zero attached hydrogens (tertiary/aromatic N) is 1. The number of halogens is 1. The lowest BCUT2D eigenvalue weighted by Crippen LogP contribution is -2.19. The van der Waals surface area contributed by atoms with E-state index in [9.17, 15) is 4.39 Å². The van der Waals surface area contributed by atoms with Crippen LogP contribution >= 0.6 is 0 Å². The van der Waals surface area contributed by atoms with Gasteiger partial charge in [-0.1, -0.05) is 58.4 Å². The summed E-state index contributed by atoms with van der Waals surface area (Å²) in [5.74, 6) is 0.447. The zero-order chi connectivity index (χ0) is 20.9.